The molecule has 0 spiro atoms. The van der Waals surface area contributed by atoms with Crippen LogP contribution in [0.5, 0.6) is 0 Å². The van der Waals surface area contributed by atoms with Crippen LogP contribution >= 0.6 is 0 Å². The lowest BCUT2D eigenvalue weighted by Gasteiger charge is -2.31. The van der Waals surface area contributed by atoms with Gasteiger partial charge in [-0.05, 0) is 45.0 Å². The molecule has 1 aromatic heterocycles. The number of H-pyrrole nitrogens is 1. The van der Waals surface area contributed by atoms with Gasteiger partial charge < -0.3 is 4.90 Å². The number of hydrogen-bond donors (Lipinski definition) is 1. The highest BCUT2D eigenvalue weighted by molar-refractivity contribution is 7.89. The van der Waals surface area contributed by atoms with Crippen LogP contribution in [0.1, 0.15) is 12.8 Å². The van der Waals surface area contributed by atoms with Gasteiger partial charge in [0.15, 0.2) is 5.03 Å². The number of aromatic amines is 1. The Hall–Kier alpha value is -0.920. The first-order chi connectivity index (χ1) is 8.50. The molecule has 0 unspecified atom stereocenters. The number of rotatable bonds is 4. The third-order valence-corrected chi connectivity index (χ3v) is 5.27. The van der Waals surface area contributed by atoms with Crippen LogP contribution in [0.2, 0.25) is 0 Å². The zero-order valence-electron chi connectivity index (χ0n) is 10.8. The molecule has 1 aliphatic rings. The molecule has 102 valence electrons. The lowest BCUT2D eigenvalue weighted by Crippen LogP contribution is -2.38. The Kier molecular flexibility index (Phi) is 4.04. The van der Waals surface area contributed by atoms with Crippen molar-refractivity contribution in [3.05, 3.63) is 12.3 Å². The smallest absolute Gasteiger partial charge is 0.259 e. The van der Waals surface area contributed by atoms with E-state index in [4.69, 9.17) is 0 Å². The number of sulfonamides is 1. The molecule has 1 aliphatic heterocycles. The van der Waals surface area contributed by atoms with Crippen LogP contribution in [0.25, 0.3) is 0 Å². The highest BCUT2D eigenvalue weighted by Gasteiger charge is 2.26. The van der Waals surface area contributed by atoms with Crippen molar-refractivity contribution in [1.29, 1.82) is 0 Å². The fraction of sp³-hybridized carbons (Fsp3) is 0.727. The predicted octanol–water partition coefficient (Wildman–Crippen LogP) is 0.372. The quantitative estimate of drug-likeness (QED) is 0.860. The third-order valence-electron chi connectivity index (χ3n) is 3.52. The van der Waals surface area contributed by atoms with Crippen molar-refractivity contribution >= 4 is 10.0 Å². The highest BCUT2D eigenvalue weighted by atomic mass is 32.2. The van der Waals surface area contributed by atoms with E-state index in [1.165, 1.54) is 16.6 Å². The van der Waals surface area contributed by atoms with Gasteiger partial charge in [-0.15, -0.1) is 0 Å². The number of nitrogens with zero attached hydrogens (tertiary/aromatic N) is 3. The summed E-state index contributed by atoms with van der Waals surface area (Å²) >= 11 is 0. The summed E-state index contributed by atoms with van der Waals surface area (Å²) in [4.78, 5) is 2.28. The first-order valence-corrected chi connectivity index (χ1v) is 7.58. The lowest BCUT2D eigenvalue weighted by atomic mass is 9.97. The Morgan fingerprint density at radius 3 is 2.72 bits per heavy atom. The summed E-state index contributed by atoms with van der Waals surface area (Å²) < 4.78 is 25.8. The maximum absolute atomic E-state index is 12.2. The van der Waals surface area contributed by atoms with E-state index in [0.717, 1.165) is 25.9 Å². The van der Waals surface area contributed by atoms with Crippen molar-refractivity contribution in [3.63, 3.8) is 0 Å². The molecule has 1 fully saturated rings. The van der Waals surface area contributed by atoms with Crippen LogP contribution in [-0.2, 0) is 10.0 Å². The van der Waals surface area contributed by atoms with Gasteiger partial charge in [-0.1, -0.05) is 0 Å². The average Bonchev–Trinajstić information content (AvgIpc) is 2.86. The number of hydrogen-bond acceptors (Lipinski definition) is 4. The monoisotopic (exact) mass is 272 g/mol. The van der Waals surface area contributed by atoms with Crippen LogP contribution in [0.3, 0.4) is 0 Å². The van der Waals surface area contributed by atoms with E-state index in [2.05, 4.69) is 22.1 Å². The van der Waals surface area contributed by atoms with E-state index in [-0.39, 0.29) is 5.03 Å². The molecule has 1 saturated heterocycles. The molecule has 2 heterocycles. The molecule has 0 amide bonds. The van der Waals surface area contributed by atoms with Crippen LogP contribution in [0.15, 0.2) is 17.3 Å². The second kappa shape index (κ2) is 5.38. The maximum atomic E-state index is 12.2. The standard InChI is InChI=1S/C11H20N4O2S/c1-14-7-4-10(5-8-14)9-15(2)18(16,17)11-3-6-12-13-11/h3,6,10H,4-5,7-9H2,1-2H3,(H,12,13). The van der Waals surface area contributed by atoms with Crippen molar-refractivity contribution < 1.29 is 8.42 Å². The van der Waals surface area contributed by atoms with Crippen LogP contribution in [0.4, 0.5) is 0 Å². The second-order valence-corrected chi connectivity index (χ2v) is 6.97. The number of likely N-dealkylation sites (tertiary alicyclic amines) is 1. The van der Waals surface area contributed by atoms with E-state index in [1.807, 2.05) is 0 Å². The zero-order chi connectivity index (χ0) is 13.2. The summed E-state index contributed by atoms with van der Waals surface area (Å²) in [5.41, 5.74) is 0. The zero-order valence-corrected chi connectivity index (χ0v) is 11.7. The van der Waals surface area contributed by atoms with Crippen LogP contribution in [-0.4, -0.2) is 61.5 Å². The van der Waals surface area contributed by atoms with Crippen LogP contribution in [0, 0.1) is 5.92 Å². The molecule has 1 N–H and O–H groups in total. The van der Waals surface area contributed by atoms with Gasteiger partial charge in [-0.3, -0.25) is 5.10 Å². The molecule has 0 aromatic carbocycles. The predicted molar refractivity (Wildman–Crippen MR) is 68.6 cm³/mol. The number of aromatic nitrogens is 2. The molecular formula is C11H20N4O2S. The van der Waals surface area contributed by atoms with Gasteiger partial charge in [0.05, 0.1) is 6.20 Å². The summed E-state index contributed by atoms with van der Waals surface area (Å²) in [6, 6.07) is 1.49. The van der Waals surface area contributed by atoms with E-state index >= 15 is 0 Å². The molecule has 18 heavy (non-hydrogen) atoms. The molecule has 2 rings (SSSR count). The molecule has 7 heteroatoms. The SMILES string of the molecule is CN1CCC(CN(C)S(=O)(=O)c2ccn[nH]2)CC1. The van der Waals surface area contributed by atoms with E-state index < -0.39 is 10.0 Å². The maximum Gasteiger partial charge on any atom is 0.259 e. The van der Waals surface area contributed by atoms with Gasteiger partial charge in [0.25, 0.3) is 10.0 Å². The van der Waals surface area contributed by atoms with E-state index in [1.54, 1.807) is 7.05 Å². The molecule has 1 aromatic rings. The molecule has 0 saturated carbocycles. The Labute approximate surface area is 108 Å². The second-order valence-electron chi connectivity index (χ2n) is 4.95. The summed E-state index contributed by atoms with van der Waals surface area (Å²) in [6.45, 7) is 2.67. The van der Waals surface area contributed by atoms with Gasteiger partial charge in [-0.25, -0.2) is 8.42 Å². The van der Waals surface area contributed by atoms with Crippen molar-refractivity contribution in [3.8, 4) is 0 Å². The van der Waals surface area contributed by atoms with Gasteiger partial charge in [0, 0.05) is 13.6 Å². The number of nitrogens with one attached hydrogen (secondary N) is 1. The molecule has 6 nitrogen and oxygen atoms in total. The Morgan fingerprint density at radius 1 is 1.50 bits per heavy atom. The fourth-order valence-electron chi connectivity index (χ4n) is 2.26. The summed E-state index contributed by atoms with van der Waals surface area (Å²) in [5, 5.41) is 6.37. The minimum Gasteiger partial charge on any atom is -0.306 e. The number of piperidine rings is 1. The van der Waals surface area contributed by atoms with Crippen molar-refractivity contribution in [1.82, 2.24) is 19.4 Å². The third kappa shape index (κ3) is 2.90. The summed E-state index contributed by atoms with van der Waals surface area (Å²) in [6.07, 6.45) is 3.56. The normalized spacial score (nSPS) is 19.5. The largest absolute Gasteiger partial charge is 0.306 e. The van der Waals surface area contributed by atoms with Crippen molar-refractivity contribution in [2.75, 3.05) is 33.7 Å². The average molecular weight is 272 g/mol. The highest BCUT2D eigenvalue weighted by Crippen LogP contribution is 2.19. The topological polar surface area (TPSA) is 69.3 Å². The molecule has 0 atom stereocenters. The lowest BCUT2D eigenvalue weighted by molar-refractivity contribution is 0.202. The summed E-state index contributed by atoms with van der Waals surface area (Å²) in [7, 11) is 0.325. The molecule has 0 aliphatic carbocycles. The van der Waals surface area contributed by atoms with Crippen molar-refractivity contribution in [2.45, 2.75) is 17.9 Å². The first kappa shape index (κ1) is 13.5. The van der Waals surface area contributed by atoms with Gasteiger partial charge in [0.2, 0.25) is 0 Å². The molecule has 0 bridgehead atoms. The molecule has 0 radical (unpaired) electrons. The fourth-order valence-corrected chi connectivity index (χ4v) is 3.40. The van der Waals surface area contributed by atoms with Gasteiger partial charge in [-0.2, -0.15) is 9.40 Å². The summed E-state index contributed by atoms with van der Waals surface area (Å²) in [5.74, 6) is 0.448. The molecular weight excluding hydrogens is 252 g/mol. The van der Waals surface area contributed by atoms with Gasteiger partial charge in [0.1, 0.15) is 0 Å². The minimum atomic E-state index is -3.41. The van der Waals surface area contributed by atoms with Crippen LogP contribution < -0.4 is 0 Å². The minimum absolute atomic E-state index is 0.165. The van der Waals surface area contributed by atoms with Crippen molar-refractivity contribution in [2.24, 2.45) is 5.92 Å². The first-order valence-electron chi connectivity index (χ1n) is 6.14. The van der Waals surface area contributed by atoms with Gasteiger partial charge >= 0.3 is 0 Å². The van der Waals surface area contributed by atoms with E-state index in [9.17, 15) is 8.42 Å². The Bertz CT molecular complexity index is 463. The Balaban J connectivity index is 1.98. The Morgan fingerprint density at radius 2 is 2.17 bits per heavy atom. The van der Waals surface area contributed by atoms with E-state index in [0.29, 0.717) is 12.5 Å².